The first kappa shape index (κ1) is 22.6. The molecule has 13 heteroatoms. The number of amides is 1. The normalized spacial score (nSPS) is 12.8. The molecule has 0 aliphatic heterocycles. The number of nitrogens with zero attached hydrogens (tertiary/aromatic N) is 3. The fourth-order valence-electron chi connectivity index (χ4n) is 3.47. The number of fused-ring (bicyclic) bond motifs is 2. The van der Waals surface area contributed by atoms with Crippen LogP contribution in [0.1, 0.15) is 22.0 Å². The number of carboxylic acid groups (broad SMARTS) is 1. The molecule has 2 aromatic heterocycles. The lowest BCUT2D eigenvalue weighted by molar-refractivity contribution is -0.138. The van der Waals surface area contributed by atoms with Crippen molar-refractivity contribution in [2.75, 3.05) is 6.16 Å². The number of aromatic amines is 1. The standard InChI is InChI=1S/C20H19FN5O6P/c1-26-16-6-10(19(27)25-15(20(28)29)9-33(30,31)32)2-4-13(16)24-18(26)8-17-22-12-5-3-11(21)7-14(12)23-17/h2-7,15H,8-9H2,1H3,(H,22,23)(H,25,27)(H,28,29)(H2,30,31,32). The number of aromatic nitrogens is 4. The van der Waals surface area contributed by atoms with Crippen LogP contribution in [-0.2, 0) is 22.8 Å². The number of aryl methyl sites for hydroxylation is 1. The number of benzene rings is 2. The lowest BCUT2D eigenvalue weighted by Crippen LogP contribution is -2.43. The van der Waals surface area contributed by atoms with Crippen molar-refractivity contribution in [1.82, 2.24) is 24.8 Å². The second-order valence-electron chi connectivity index (χ2n) is 7.52. The van der Waals surface area contributed by atoms with Gasteiger partial charge in [0.2, 0.25) is 0 Å². The van der Waals surface area contributed by atoms with Crippen molar-refractivity contribution in [2.45, 2.75) is 12.5 Å². The Morgan fingerprint density at radius 2 is 1.91 bits per heavy atom. The van der Waals surface area contributed by atoms with E-state index in [2.05, 4.69) is 20.3 Å². The van der Waals surface area contributed by atoms with E-state index in [1.54, 1.807) is 23.7 Å². The molecule has 11 nitrogen and oxygen atoms in total. The third-order valence-electron chi connectivity index (χ3n) is 5.08. The smallest absolute Gasteiger partial charge is 0.328 e. The first-order valence-electron chi connectivity index (χ1n) is 9.68. The van der Waals surface area contributed by atoms with Crippen LogP contribution in [0, 0.1) is 5.82 Å². The van der Waals surface area contributed by atoms with E-state index in [-0.39, 0.29) is 11.4 Å². The molecule has 0 aliphatic rings. The highest BCUT2D eigenvalue weighted by atomic mass is 31.2. The zero-order chi connectivity index (χ0) is 23.9. The van der Waals surface area contributed by atoms with E-state index >= 15 is 0 Å². The minimum Gasteiger partial charge on any atom is -0.480 e. The van der Waals surface area contributed by atoms with Gasteiger partial charge in [-0.3, -0.25) is 9.36 Å². The van der Waals surface area contributed by atoms with Crippen LogP contribution in [0.25, 0.3) is 22.1 Å². The highest BCUT2D eigenvalue weighted by molar-refractivity contribution is 7.51. The zero-order valence-corrected chi connectivity index (χ0v) is 18.1. The minimum absolute atomic E-state index is 0.105. The molecule has 0 spiro atoms. The van der Waals surface area contributed by atoms with Crippen molar-refractivity contribution >= 4 is 41.5 Å². The predicted molar refractivity (Wildman–Crippen MR) is 115 cm³/mol. The van der Waals surface area contributed by atoms with Gasteiger partial charge in [-0.2, -0.15) is 0 Å². The van der Waals surface area contributed by atoms with E-state index in [1.165, 1.54) is 24.3 Å². The molecule has 0 bridgehead atoms. The first-order chi connectivity index (χ1) is 15.5. The van der Waals surface area contributed by atoms with E-state index in [0.29, 0.717) is 40.1 Å². The summed E-state index contributed by atoms with van der Waals surface area (Å²) in [7, 11) is -2.92. The quantitative estimate of drug-likeness (QED) is 0.251. The van der Waals surface area contributed by atoms with Crippen LogP contribution in [0.2, 0.25) is 0 Å². The van der Waals surface area contributed by atoms with E-state index < -0.39 is 31.7 Å². The lowest BCUT2D eigenvalue weighted by Gasteiger charge is -2.15. The van der Waals surface area contributed by atoms with E-state index in [1.807, 2.05) is 0 Å². The Morgan fingerprint density at radius 3 is 2.61 bits per heavy atom. The second kappa shape index (κ2) is 8.39. The van der Waals surface area contributed by atoms with Crippen LogP contribution in [-0.4, -0.2) is 58.5 Å². The Balaban J connectivity index is 1.59. The molecule has 172 valence electrons. The fourth-order valence-corrected chi connectivity index (χ4v) is 4.20. The number of halogens is 1. The number of carboxylic acids is 1. The highest BCUT2D eigenvalue weighted by Crippen LogP contribution is 2.35. The second-order valence-corrected chi connectivity index (χ2v) is 9.22. The van der Waals surface area contributed by atoms with Crippen molar-refractivity contribution in [3.63, 3.8) is 0 Å². The van der Waals surface area contributed by atoms with Crippen molar-refractivity contribution in [2.24, 2.45) is 7.05 Å². The molecule has 0 aliphatic carbocycles. The molecule has 1 atom stereocenters. The third-order valence-corrected chi connectivity index (χ3v) is 5.92. The SMILES string of the molecule is Cn1c(Cc2nc3ccc(F)cc3[nH]2)nc2ccc(C(=O)NC(CP(=O)(O)O)C(=O)O)cc21. The molecule has 5 N–H and O–H groups in total. The molecule has 2 heterocycles. The summed E-state index contributed by atoms with van der Waals surface area (Å²) in [5.74, 6) is -1.53. The highest BCUT2D eigenvalue weighted by Gasteiger charge is 2.29. The number of carbonyl (C=O) groups excluding carboxylic acids is 1. The van der Waals surface area contributed by atoms with Crippen molar-refractivity contribution < 1.29 is 33.4 Å². The molecule has 4 aromatic rings. The lowest BCUT2D eigenvalue weighted by atomic mass is 10.1. The average Bonchev–Trinajstić information content (AvgIpc) is 3.26. The Bertz CT molecular complexity index is 1440. The van der Waals surface area contributed by atoms with Gasteiger partial charge in [0.15, 0.2) is 0 Å². The summed E-state index contributed by atoms with van der Waals surface area (Å²) >= 11 is 0. The van der Waals surface area contributed by atoms with Crippen LogP contribution >= 0.6 is 7.60 Å². The number of rotatable bonds is 7. The number of carbonyl (C=O) groups is 2. The average molecular weight is 475 g/mol. The number of hydrogen-bond donors (Lipinski definition) is 5. The predicted octanol–water partition coefficient (Wildman–Crippen LogP) is 1.54. The number of hydrogen-bond acceptors (Lipinski definition) is 5. The molecular formula is C20H19FN5O6P. The molecular weight excluding hydrogens is 456 g/mol. The maximum atomic E-state index is 13.4. The molecule has 4 rings (SSSR count). The van der Waals surface area contributed by atoms with Gasteiger partial charge in [-0.25, -0.2) is 19.2 Å². The van der Waals surface area contributed by atoms with Crippen molar-refractivity contribution in [1.29, 1.82) is 0 Å². The Hall–Kier alpha value is -3.60. The Morgan fingerprint density at radius 1 is 1.18 bits per heavy atom. The summed E-state index contributed by atoms with van der Waals surface area (Å²) in [4.78, 5) is 53.9. The van der Waals surface area contributed by atoms with Crippen LogP contribution in [0.3, 0.4) is 0 Å². The van der Waals surface area contributed by atoms with Gasteiger partial charge in [-0.05, 0) is 36.4 Å². The molecule has 2 aromatic carbocycles. The van der Waals surface area contributed by atoms with Gasteiger partial charge < -0.3 is 29.8 Å². The van der Waals surface area contributed by atoms with Crippen molar-refractivity contribution in [3.05, 3.63) is 59.4 Å². The summed E-state index contributed by atoms with van der Waals surface area (Å²) < 4.78 is 26.3. The van der Waals surface area contributed by atoms with Crippen LogP contribution in [0.4, 0.5) is 4.39 Å². The topological polar surface area (TPSA) is 170 Å². The molecule has 1 unspecified atom stereocenters. The summed E-state index contributed by atoms with van der Waals surface area (Å²) in [6, 6.07) is 7.03. The molecule has 1 amide bonds. The van der Waals surface area contributed by atoms with Gasteiger partial charge in [-0.1, -0.05) is 0 Å². The summed E-state index contributed by atoms with van der Waals surface area (Å²) in [6.45, 7) is 0. The molecule has 33 heavy (non-hydrogen) atoms. The van der Waals surface area contributed by atoms with Gasteiger partial charge in [0.1, 0.15) is 23.5 Å². The number of nitrogens with one attached hydrogen (secondary N) is 2. The Labute approximate surface area is 185 Å². The van der Waals surface area contributed by atoms with Gasteiger partial charge in [0.05, 0.1) is 34.6 Å². The number of imidazole rings is 2. The summed E-state index contributed by atoms with van der Waals surface area (Å²) in [5.41, 5.74) is 2.45. The number of aliphatic carboxylic acids is 1. The third kappa shape index (κ3) is 4.92. The Kier molecular flexibility index (Phi) is 5.75. The summed E-state index contributed by atoms with van der Waals surface area (Å²) in [6.07, 6.45) is -0.708. The van der Waals surface area contributed by atoms with E-state index in [0.717, 1.165) is 0 Å². The molecule has 0 saturated heterocycles. The van der Waals surface area contributed by atoms with Crippen LogP contribution < -0.4 is 5.32 Å². The van der Waals surface area contributed by atoms with E-state index in [9.17, 15) is 18.5 Å². The van der Waals surface area contributed by atoms with Crippen LogP contribution in [0.15, 0.2) is 36.4 Å². The fraction of sp³-hybridized carbons (Fsp3) is 0.200. The van der Waals surface area contributed by atoms with Gasteiger partial charge in [0.25, 0.3) is 5.91 Å². The van der Waals surface area contributed by atoms with E-state index in [4.69, 9.17) is 14.9 Å². The maximum absolute atomic E-state index is 13.4. The number of H-pyrrole nitrogens is 1. The van der Waals surface area contributed by atoms with Gasteiger partial charge >= 0.3 is 13.6 Å². The minimum atomic E-state index is -4.65. The zero-order valence-electron chi connectivity index (χ0n) is 17.2. The molecule has 0 fully saturated rings. The molecule has 0 radical (unpaired) electrons. The van der Waals surface area contributed by atoms with Crippen LogP contribution in [0.5, 0.6) is 0 Å². The van der Waals surface area contributed by atoms with Gasteiger partial charge in [-0.15, -0.1) is 0 Å². The first-order valence-corrected chi connectivity index (χ1v) is 11.5. The van der Waals surface area contributed by atoms with Crippen molar-refractivity contribution in [3.8, 4) is 0 Å². The maximum Gasteiger partial charge on any atom is 0.328 e. The summed E-state index contributed by atoms with van der Waals surface area (Å²) in [5, 5.41) is 11.3. The largest absolute Gasteiger partial charge is 0.480 e. The monoisotopic (exact) mass is 475 g/mol. The van der Waals surface area contributed by atoms with Gasteiger partial charge in [0, 0.05) is 12.6 Å². The molecule has 0 saturated carbocycles.